The summed E-state index contributed by atoms with van der Waals surface area (Å²) in [5, 5.41) is 3.71. The van der Waals surface area contributed by atoms with Crippen molar-refractivity contribution in [2.24, 2.45) is 11.8 Å². The molecule has 1 N–H and O–H groups in total. The third kappa shape index (κ3) is 0.531. The highest BCUT2D eigenvalue weighted by molar-refractivity contribution is 5.14. The van der Waals surface area contributed by atoms with Crippen LogP contribution in [0.5, 0.6) is 0 Å². The first-order chi connectivity index (χ1) is 4.91. The molecule has 1 nitrogen and oxygen atoms in total. The van der Waals surface area contributed by atoms with E-state index >= 15 is 0 Å². The lowest BCUT2D eigenvalue weighted by Gasteiger charge is -2.15. The molecule has 1 spiro atoms. The second kappa shape index (κ2) is 1.58. The topological polar surface area (TPSA) is 12.0 Å². The fourth-order valence-electron chi connectivity index (χ4n) is 3.16. The molecule has 3 rings (SSSR count). The van der Waals surface area contributed by atoms with Crippen LogP contribution in [0.3, 0.4) is 0 Å². The van der Waals surface area contributed by atoms with E-state index in [1.54, 1.807) is 0 Å². The minimum atomic E-state index is 0.696. The molecule has 2 saturated carbocycles. The third-order valence-corrected chi connectivity index (χ3v) is 3.87. The first-order valence-corrected chi connectivity index (χ1v) is 4.66. The standard InChI is InChI=1S/C9H15N/c1-2-7-6-10-9(4-5-9)8(7)3-1/h7-8,10H,1-6H2/t7-,8-/m0/s1. The van der Waals surface area contributed by atoms with Gasteiger partial charge in [-0.2, -0.15) is 0 Å². The molecule has 2 aliphatic carbocycles. The largest absolute Gasteiger partial charge is 0.311 e. The van der Waals surface area contributed by atoms with Gasteiger partial charge in [-0.25, -0.2) is 0 Å². The number of hydrogen-bond donors (Lipinski definition) is 1. The molecule has 0 unspecified atom stereocenters. The van der Waals surface area contributed by atoms with Crippen molar-refractivity contribution >= 4 is 0 Å². The Labute approximate surface area is 62.2 Å². The predicted octanol–water partition coefficient (Wildman–Crippen LogP) is 1.54. The van der Waals surface area contributed by atoms with Crippen LogP contribution >= 0.6 is 0 Å². The fraction of sp³-hybridized carbons (Fsp3) is 1.00. The maximum atomic E-state index is 3.71. The lowest BCUT2D eigenvalue weighted by molar-refractivity contribution is 0.396. The summed E-state index contributed by atoms with van der Waals surface area (Å²) in [5.74, 6) is 2.16. The lowest BCUT2D eigenvalue weighted by Crippen LogP contribution is -2.28. The Balaban J connectivity index is 1.90. The molecule has 56 valence electrons. The number of nitrogens with one attached hydrogen (secondary N) is 1. The van der Waals surface area contributed by atoms with E-state index in [9.17, 15) is 0 Å². The maximum absolute atomic E-state index is 3.71. The average molecular weight is 137 g/mol. The Bertz CT molecular complexity index is 160. The molecule has 0 aromatic rings. The zero-order valence-corrected chi connectivity index (χ0v) is 6.40. The molecule has 3 aliphatic rings. The second-order valence-electron chi connectivity index (χ2n) is 4.33. The van der Waals surface area contributed by atoms with Crippen LogP contribution in [0.4, 0.5) is 0 Å². The van der Waals surface area contributed by atoms with E-state index < -0.39 is 0 Å². The van der Waals surface area contributed by atoms with Crippen molar-refractivity contribution in [2.45, 2.75) is 37.6 Å². The zero-order chi connectivity index (χ0) is 6.60. The molecule has 0 aromatic carbocycles. The smallest absolute Gasteiger partial charge is 0.0214 e. The van der Waals surface area contributed by atoms with Crippen LogP contribution in [0.1, 0.15) is 32.1 Å². The second-order valence-corrected chi connectivity index (χ2v) is 4.33. The fourth-order valence-corrected chi connectivity index (χ4v) is 3.16. The summed E-state index contributed by atoms with van der Waals surface area (Å²) in [6.45, 7) is 1.34. The molecular formula is C9H15N. The van der Waals surface area contributed by atoms with E-state index in [1.165, 1.54) is 38.6 Å². The molecule has 0 amide bonds. The van der Waals surface area contributed by atoms with Gasteiger partial charge in [0.25, 0.3) is 0 Å². The van der Waals surface area contributed by atoms with Crippen molar-refractivity contribution in [3.63, 3.8) is 0 Å². The highest BCUT2D eigenvalue weighted by Crippen LogP contribution is 2.55. The van der Waals surface area contributed by atoms with Crippen molar-refractivity contribution in [2.75, 3.05) is 6.54 Å². The van der Waals surface area contributed by atoms with Gasteiger partial charge < -0.3 is 5.32 Å². The van der Waals surface area contributed by atoms with Crippen molar-refractivity contribution in [1.82, 2.24) is 5.32 Å². The van der Waals surface area contributed by atoms with Crippen molar-refractivity contribution < 1.29 is 0 Å². The molecule has 1 heteroatoms. The van der Waals surface area contributed by atoms with E-state index in [2.05, 4.69) is 5.32 Å². The summed E-state index contributed by atoms with van der Waals surface area (Å²) in [6, 6.07) is 0. The summed E-state index contributed by atoms with van der Waals surface area (Å²) in [6.07, 6.45) is 7.51. The minimum Gasteiger partial charge on any atom is -0.311 e. The zero-order valence-electron chi connectivity index (χ0n) is 6.40. The molecule has 1 aliphatic heterocycles. The molecule has 3 fully saturated rings. The monoisotopic (exact) mass is 137 g/mol. The van der Waals surface area contributed by atoms with Gasteiger partial charge in [-0.15, -0.1) is 0 Å². The van der Waals surface area contributed by atoms with Crippen LogP contribution < -0.4 is 5.32 Å². The highest BCUT2D eigenvalue weighted by Gasteiger charge is 2.56. The number of fused-ring (bicyclic) bond motifs is 2. The van der Waals surface area contributed by atoms with Crippen molar-refractivity contribution in [1.29, 1.82) is 0 Å². The van der Waals surface area contributed by atoms with Gasteiger partial charge in [-0.3, -0.25) is 0 Å². The van der Waals surface area contributed by atoms with Gasteiger partial charge in [0.1, 0.15) is 0 Å². The van der Waals surface area contributed by atoms with Crippen LogP contribution in [-0.2, 0) is 0 Å². The van der Waals surface area contributed by atoms with E-state index in [1.807, 2.05) is 0 Å². The van der Waals surface area contributed by atoms with E-state index in [4.69, 9.17) is 0 Å². The Hall–Kier alpha value is -0.0400. The molecule has 0 bridgehead atoms. The Morgan fingerprint density at radius 1 is 1.20 bits per heavy atom. The molecule has 2 atom stereocenters. The molecule has 0 aromatic heterocycles. The first-order valence-electron chi connectivity index (χ1n) is 4.66. The summed E-state index contributed by atoms with van der Waals surface area (Å²) >= 11 is 0. The third-order valence-electron chi connectivity index (χ3n) is 3.87. The van der Waals surface area contributed by atoms with Gasteiger partial charge >= 0.3 is 0 Å². The van der Waals surface area contributed by atoms with E-state index in [0.29, 0.717) is 5.54 Å². The van der Waals surface area contributed by atoms with Crippen LogP contribution in [0.15, 0.2) is 0 Å². The van der Waals surface area contributed by atoms with Gasteiger partial charge in [-0.05, 0) is 44.1 Å². The van der Waals surface area contributed by atoms with Gasteiger partial charge in [0.2, 0.25) is 0 Å². The van der Waals surface area contributed by atoms with Crippen LogP contribution in [-0.4, -0.2) is 12.1 Å². The maximum Gasteiger partial charge on any atom is 0.0214 e. The van der Waals surface area contributed by atoms with E-state index in [-0.39, 0.29) is 0 Å². The Morgan fingerprint density at radius 3 is 2.90 bits per heavy atom. The van der Waals surface area contributed by atoms with Crippen LogP contribution in [0.2, 0.25) is 0 Å². The summed E-state index contributed by atoms with van der Waals surface area (Å²) in [7, 11) is 0. The molecule has 1 saturated heterocycles. The number of rotatable bonds is 0. The first kappa shape index (κ1) is 5.59. The average Bonchev–Trinajstić information content (AvgIpc) is 2.40. The summed E-state index contributed by atoms with van der Waals surface area (Å²) in [4.78, 5) is 0. The van der Waals surface area contributed by atoms with Gasteiger partial charge in [0.15, 0.2) is 0 Å². The van der Waals surface area contributed by atoms with Crippen molar-refractivity contribution in [3.8, 4) is 0 Å². The minimum absolute atomic E-state index is 0.696. The molecular weight excluding hydrogens is 122 g/mol. The van der Waals surface area contributed by atoms with E-state index in [0.717, 1.165) is 11.8 Å². The molecule has 10 heavy (non-hydrogen) atoms. The van der Waals surface area contributed by atoms with Crippen LogP contribution in [0, 0.1) is 11.8 Å². The summed E-state index contributed by atoms with van der Waals surface area (Å²) in [5.41, 5.74) is 0.696. The quantitative estimate of drug-likeness (QED) is 0.534. The van der Waals surface area contributed by atoms with Gasteiger partial charge in [-0.1, -0.05) is 6.42 Å². The molecule has 0 radical (unpaired) electrons. The van der Waals surface area contributed by atoms with Crippen LogP contribution in [0.25, 0.3) is 0 Å². The molecule has 1 heterocycles. The van der Waals surface area contributed by atoms with Gasteiger partial charge in [0, 0.05) is 5.54 Å². The normalized spacial score (nSPS) is 48.0. The number of hydrogen-bond acceptors (Lipinski definition) is 1. The Morgan fingerprint density at radius 2 is 2.10 bits per heavy atom. The SMILES string of the molecule is C1C[C@H]2CNC3(CC3)[C@H]2C1. The summed E-state index contributed by atoms with van der Waals surface area (Å²) < 4.78 is 0. The lowest BCUT2D eigenvalue weighted by atomic mass is 9.92. The van der Waals surface area contributed by atoms with Gasteiger partial charge in [0.05, 0.1) is 0 Å². The Kier molecular flexibility index (Phi) is 0.883. The predicted molar refractivity (Wildman–Crippen MR) is 40.8 cm³/mol. The highest BCUT2D eigenvalue weighted by atomic mass is 15.1. The van der Waals surface area contributed by atoms with Crippen molar-refractivity contribution in [3.05, 3.63) is 0 Å².